The fourth-order valence-corrected chi connectivity index (χ4v) is 1.77. The third-order valence-corrected chi connectivity index (χ3v) is 2.60. The van der Waals surface area contributed by atoms with Crippen molar-refractivity contribution in [3.05, 3.63) is 12.4 Å². The minimum absolute atomic E-state index is 0.470. The minimum Gasteiger partial charge on any atom is -0.381 e. The van der Waals surface area contributed by atoms with Crippen LogP contribution in [0.1, 0.15) is 19.8 Å². The molecule has 0 aliphatic carbocycles. The number of rotatable bonds is 4. The van der Waals surface area contributed by atoms with Gasteiger partial charge in [0.15, 0.2) is 0 Å². The molecule has 1 aliphatic heterocycles. The maximum absolute atomic E-state index is 5.31. The van der Waals surface area contributed by atoms with Crippen LogP contribution in [0.15, 0.2) is 12.4 Å². The van der Waals surface area contributed by atoms with Crippen LogP contribution in [0.2, 0.25) is 0 Å². The first-order valence-electron chi connectivity index (χ1n) is 5.78. The molecular weight excluding hydrogens is 204 g/mol. The summed E-state index contributed by atoms with van der Waals surface area (Å²) in [6.07, 6.45) is 3.67. The minimum atomic E-state index is 0.470. The van der Waals surface area contributed by atoms with E-state index in [1.165, 1.54) is 0 Å². The predicted octanol–water partition coefficient (Wildman–Crippen LogP) is 1.50. The van der Waals surface area contributed by atoms with Gasteiger partial charge in [0, 0.05) is 31.9 Å². The molecule has 1 fully saturated rings. The smallest absolute Gasteiger partial charge is 0.131 e. The number of hydrogen-bond donors (Lipinski definition) is 2. The van der Waals surface area contributed by atoms with Crippen LogP contribution >= 0.6 is 0 Å². The van der Waals surface area contributed by atoms with Crippen LogP contribution in [0.4, 0.5) is 11.6 Å². The van der Waals surface area contributed by atoms with Gasteiger partial charge in [0.05, 0.1) is 0 Å². The number of anilines is 2. The molecule has 88 valence electrons. The van der Waals surface area contributed by atoms with Crippen molar-refractivity contribution < 1.29 is 4.74 Å². The summed E-state index contributed by atoms with van der Waals surface area (Å²) < 4.78 is 5.31. The van der Waals surface area contributed by atoms with Crippen LogP contribution in [0.3, 0.4) is 0 Å². The van der Waals surface area contributed by atoms with Crippen molar-refractivity contribution in [3.8, 4) is 0 Å². The summed E-state index contributed by atoms with van der Waals surface area (Å²) in [4.78, 5) is 8.35. The van der Waals surface area contributed by atoms with Gasteiger partial charge < -0.3 is 15.4 Å². The topological polar surface area (TPSA) is 59.1 Å². The quantitative estimate of drug-likeness (QED) is 0.808. The van der Waals surface area contributed by atoms with Crippen molar-refractivity contribution in [3.63, 3.8) is 0 Å². The van der Waals surface area contributed by atoms with E-state index >= 15 is 0 Å². The van der Waals surface area contributed by atoms with E-state index in [1.54, 1.807) is 6.33 Å². The van der Waals surface area contributed by atoms with Gasteiger partial charge >= 0.3 is 0 Å². The zero-order valence-electron chi connectivity index (χ0n) is 9.57. The molecule has 0 radical (unpaired) electrons. The van der Waals surface area contributed by atoms with Gasteiger partial charge in [-0.2, -0.15) is 0 Å². The maximum atomic E-state index is 5.31. The lowest BCUT2D eigenvalue weighted by atomic mass is 10.1. The highest BCUT2D eigenvalue weighted by molar-refractivity contribution is 5.46. The molecule has 1 aliphatic rings. The Morgan fingerprint density at radius 3 is 2.81 bits per heavy atom. The van der Waals surface area contributed by atoms with Gasteiger partial charge in [0.2, 0.25) is 0 Å². The van der Waals surface area contributed by atoms with E-state index in [-0.39, 0.29) is 0 Å². The Morgan fingerprint density at radius 1 is 1.31 bits per heavy atom. The Balaban J connectivity index is 1.94. The average molecular weight is 222 g/mol. The standard InChI is InChI=1S/C11H18N4O/c1-2-12-10-7-11(14-8-13-10)15-9-3-5-16-6-4-9/h7-9H,2-6H2,1H3,(H2,12,13,14,15). The van der Waals surface area contributed by atoms with Crippen LogP contribution in [0, 0.1) is 0 Å². The summed E-state index contributed by atoms with van der Waals surface area (Å²) in [7, 11) is 0. The average Bonchev–Trinajstić information content (AvgIpc) is 2.31. The van der Waals surface area contributed by atoms with Gasteiger partial charge in [0.25, 0.3) is 0 Å². The molecule has 5 heteroatoms. The number of nitrogens with one attached hydrogen (secondary N) is 2. The van der Waals surface area contributed by atoms with Crippen LogP contribution in [-0.2, 0) is 4.74 Å². The number of hydrogen-bond acceptors (Lipinski definition) is 5. The van der Waals surface area contributed by atoms with Gasteiger partial charge in [-0.3, -0.25) is 0 Å². The number of nitrogens with zero attached hydrogens (tertiary/aromatic N) is 2. The fraction of sp³-hybridized carbons (Fsp3) is 0.636. The van der Waals surface area contributed by atoms with Crippen molar-refractivity contribution in [2.24, 2.45) is 0 Å². The Morgan fingerprint density at radius 2 is 2.06 bits per heavy atom. The van der Waals surface area contributed by atoms with E-state index in [9.17, 15) is 0 Å². The normalized spacial score (nSPS) is 17.1. The first kappa shape index (κ1) is 11.1. The molecule has 0 amide bonds. The molecule has 0 atom stereocenters. The second-order valence-electron chi connectivity index (χ2n) is 3.85. The fourth-order valence-electron chi connectivity index (χ4n) is 1.77. The van der Waals surface area contributed by atoms with E-state index in [4.69, 9.17) is 4.74 Å². The van der Waals surface area contributed by atoms with Crippen molar-refractivity contribution >= 4 is 11.6 Å². The molecular formula is C11H18N4O. The van der Waals surface area contributed by atoms with E-state index < -0.39 is 0 Å². The van der Waals surface area contributed by atoms with Crippen LogP contribution < -0.4 is 10.6 Å². The highest BCUT2D eigenvalue weighted by atomic mass is 16.5. The lowest BCUT2D eigenvalue weighted by molar-refractivity contribution is 0.0904. The second kappa shape index (κ2) is 5.65. The van der Waals surface area contributed by atoms with Crippen LogP contribution in [0.5, 0.6) is 0 Å². The summed E-state index contributed by atoms with van der Waals surface area (Å²) in [6, 6.07) is 2.41. The highest BCUT2D eigenvalue weighted by Crippen LogP contribution is 2.14. The molecule has 0 unspecified atom stereocenters. The summed E-state index contributed by atoms with van der Waals surface area (Å²) in [5.41, 5.74) is 0. The first-order chi connectivity index (χ1) is 7.88. The van der Waals surface area contributed by atoms with E-state index in [2.05, 4.69) is 20.6 Å². The van der Waals surface area contributed by atoms with Gasteiger partial charge in [-0.25, -0.2) is 9.97 Å². The monoisotopic (exact) mass is 222 g/mol. The second-order valence-corrected chi connectivity index (χ2v) is 3.85. The lowest BCUT2D eigenvalue weighted by Gasteiger charge is -2.23. The molecule has 1 aromatic rings. The van der Waals surface area contributed by atoms with Gasteiger partial charge in [-0.1, -0.05) is 0 Å². The molecule has 2 rings (SSSR count). The third kappa shape index (κ3) is 3.06. The van der Waals surface area contributed by atoms with Gasteiger partial charge in [-0.15, -0.1) is 0 Å². The molecule has 16 heavy (non-hydrogen) atoms. The van der Waals surface area contributed by atoms with E-state index in [1.807, 2.05) is 13.0 Å². The first-order valence-corrected chi connectivity index (χ1v) is 5.78. The summed E-state index contributed by atoms with van der Waals surface area (Å²) in [5.74, 6) is 1.75. The number of ether oxygens (including phenoxy) is 1. The Labute approximate surface area is 95.6 Å². The largest absolute Gasteiger partial charge is 0.381 e. The molecule has 0 bridgehead atoms. The van der Waals surface area contributed by atoms with Gasteiger partial charge in [0.1, 0.15) is 18.0 Å². The Kier molecular flexibility index (Phi) is 3.93. The molecule has 0 saturated carbocycles. The zero-order valence-corrected chi connectivity index (χ0v) is 9.57. The summed E-state index contributed by atoms with van der Waals surface area (Å²) in [5, 5.41) is 6.58. The van der Waals surface area contributed by atoms with E-state index in [0.717, 1.165) is 44.2 Å². The molecule has 0 aromatic carbocycles. The highest BCUT2D eigenvalue weighted by Gasteiger charge is 2.13. The molecule has 2 heterocycles. The predicted molar refractivity (Wildman–Crippen MR) is 63.7 cm³/mol. The SMILES string of the molecule is CCNc1cc(NC2CCOCC2)ncn1. The van der Waals surface area contributed by atoms with Crippen LogP contribution in [0.25, 0.3) is 0 Å². The van der Waals surface area contributed by atoms with Crippen molar-refractivity contribution in [1.29, 1.82) is 0 Å². The van der Waals surface area contributed by atoms with Crippen LogP contribution in [-0.4, -0.2) is 35.8 Å². The molecule has 5 nitrogen and oxygen atoms in total. The summed E-state index contributed by atoms with van der Waals surface area (Å²) in [6.45, 7) is 4.59. The van der Waals surface area contributed by atoms with Crippen molar-refractivity contribution in [2.45, 2.75) is 25.8 Å². The Hall–Kier alpha value is -1.36. The molecule has 2 N–H and O–H groups in total. The zero-order chi connectivity index (χ0) is 11.2. The summed E-state index contributed by atoms with van der Waals surface area (Å²) >= 11 is 0. The Bertz CT molecular complexity index is 326. The lowest BCUT2D eigenvalue weighted by Crippen LogP contribution is -2.28. The van der Waals surface area contributed by atoms with E-state index in [0.29, 0.717) is 6.04 Å². The maximum Gasteiger partial charge on any atom is 0.131 e. The van der Waals surface area contributed by atoms with Crippen molar-refractivity contribution in [2.75, 3.05) is 30.4 Å². The number of aromatic nitrogens is 2. The molecule has 0 spiro atoms. The molecule has 1 saturated heterocycles. The van der Waals surface area contributed by atoms with Gasteiger partial charge in [-0.05, 0) is 19.8 Å². The van der Waals surface area contributed by atoms with Crippen molar-refractivity contribution in [1.82, 2.24) is 9.97 Å². The third-order valence-electron chi connectivity index (χ3n) is 2.60. The molecule has 1 aromatic heterocycles.